The topological polar surface area (TPSA) is 21.3 Å². The summed E-state index contributed by atoms with van der Waals surface area (Å²) in [5.74, 6) is 0.963. The minimum Gasteiger partial charge on any atom is -0.491 e. The molecule has 0 spiro atoms. The third kappa shape index (κ3) is 3.89. The van der Waals surface area contributed by atoms with Gasteiger partial charge in [0.15, 0.2) is 0 Å². The summed E-state index contributed by atoms with van der Waals surface area (Å²) in [6, 6.07) is 6.96. The Morgan fingerprint density at radius 3 is 2.58 bits per heavy atom. The van der Waals surface area contributed by atoms with Crippen LogP contribution in [0.2, 0.25) is 0 Å². The minimum absolute atomic E-state index is 0.230. The van der Waals surface area contributed by atoms with Crippen LogP contribution in [0.4, 0.5) is 5.69 Å². The Bertz CT molecular complexity index is 437. The number of hydrogen-bond acceptors (Lipinski definition) is 2. The van der Waals surface area contributed by atoms with E-state index in [0.29, 0.717) is 11.5 Å². The molecule has 1 aromatic carbocycles. The second-order valence-electron chi connectivity index (χ2n) is 6.89. The quantitative estimate of drug-likeness (QED) is 0.842. The maximum Gasteiger partial charge on any atom is 0.120 e. The molecule has 2 rings (SSSR count). The highest BCUT2D eigenvalue weighted by molar-refractivity contribution is 5.54. The number of anilines is 1. The highest BCUT2D eigenvalue weighted by atomic mass is 16.5. The Morgan fingerprint density at radius 1 is 1.32 bits per heavy atom. The number of benzene rings is 1. The third-order valence-corrected chi connectivity index (χ3v) is 3.90. The molecule has 0 radical (unpaired) electrons. The molecule has 19 heavy (non-hydrogen) atoms. The minimum atomic E-state index is 0.230. The van der Waals surface area contributed by atoms with Crippen LogP contribution in [0.15, 0.2) is 18.2 Å². The molecule has 0 bridgehead atoms. The highest BCUT2D eigenvalue weighted by Gasteiger charge is 2.30. The first-order valence-electron chi connectivity index (χ1n) is 7.39. The fourth-order valence-corrected chi connectivity index (χ4v) is 2.92. The van der Waals surface area contributed by atoms with Crippen molar-refractivity contribution in [1.29, 1.82) is 0 Å². The van der Waals surface area contributed by atoms with E-state index in [1.807, 2.05) is 0 Å². The number of rotatable bonds is 4. The van der Waals surface area contributed by atoms with E-state index in [0.717, 1.165) is 5.75 Å². The van der Waals surface area contributed by atoms with Gasteiger partial charge >= 0.3 is 0 Å². The molecule has 2 nitrogen and oxygen atoms in total. The van der Waals surface area contributed by atoms with E-state index in [9.17, 15) is 0 Å². The second-order valence-corrected chi connectivity index (χ2v) is 6.89. The molecule has 0 amide bonds. The largest absolute Gasteiger partial charge is 0.491 e. The Hall–Kier alpha value is -1.18. The van der Waals surface area contributed by atoms with E-state index in [1.165, 1.54) is 30.5 Å². The first kappa shape index (κ1) is 14.2. The molecule has 1 fully saturated rings. The maximum atomic E-state index is 5.73. The number of nitrogens with one attached hydrogen (secondary N) is 1. The van der Waals surface area contributed by atoms with E-state index < -0.39 is 0 Å². The molecule has 1 N–H and O–H groups in total. The van der Waals surface area contributed by atoms with Crippen molar-refractivity contribution in [3.63, 3.8) is 0 Å². The average Bonchev–Trinajstić information content (AvgIpc) is 2.61. The van der Waals surface area contributed by atoms with Gasteiger partial charge in [-0.15, -0.1) is 0 Å². The van der Waals surface area contributed by atoms with E-state index in [4.69, 9.17) is 4.74 Å². The van der Waals surface area contributed by atoms with Gasteiger partial charge in [0.2, 0.25) is 0 Å². The van der Waals surface area contributed by atoms with Crippen molar-refractivity contribution in [2.24, 2.45) is 5.41 Å². The van der Waals surface area contributed by atoms with Crippen molar-refractivity contribution in [3.05, 3.63) is 23.8 Å². The van der Waals surface area contributed by atoms with E-state index >= 15 is 0 Å². The van der Waals surface area contributed by atoms with Crippen molar-refractivity contribution >= 4 is 5.69 Å². The molecule has 1 unspecified atom stereocenters. The molecule has 1 atom stereocenters. The van der Waals surface area contributed by atoms with Crippen LogP contribution in [0.5, 0.6) is 5.75 Å². The summed E-state index contributed by atoms with van der Waals surface area (Å²) in [6.07, 6.45) is 4.08. The zero-order valence-corrected chi connectivity index (χ0v) is 12.9. The van der Waals surface area contributed by atoms with Gasteiger partial charge in [-0.2, -0.15) is 0 Å². The van der Waals surface area contributed by atoms with Crippen LogP contribution < -0.4 is 10.1 Å². The van der Waals surface area contributed by atoms with Gasteiger partial charge in [0.25, 0.3) is 0 Å². The van der Waals surface area contributed by atoms with Crippen LogP contribution in [0.1, 0.15) is 52.5 Å². The summed E-state index contributed by atoms with van der Waals surface area (Å²) in [5.41, 5.74) is 3.01. The zero-order chi connectivity index (χ0) is 14.0. The first-order chi connectivity index (χ1) is 8.85. The van der Waals surface area contributed by atoms with E-state index in [1.54, 1.807) is 0 Å². The lowest BCUT2D eigenvalue weighted by Gasteiger charge is -2.20. The summed E-state index contributed by atoms with van der Waals surface area (Å²) >= 11 is 0. The first-order valence-corrected chi connectivity index (χ1v) is 7.39. The van der Waals surface area contributed by atoms with Crippen molar-refractivity contribution in [1.82, 2.24) is 0 Å². The summed E-state index contributed by atoms with van der Waals surface area (Å²) in [5, 5.41) is 3.69. The third-order valence-electron chi connectivity index (χ3n) is 3.90. The Labute approximate surface area is 117 Å². The molecule has 1 saturated carbocycles. The van der Waals surface area contributed by atoms with Crippen LogP contribution in [0.25, 0.3) is 0 Å². The van der Waals surface area contributed by atoms with Crippen LogP contribution in [-0.2, 0) is 0 Å². The van der Waals surface area contributed by atoms with Crippen molar-refractivity contribution < 1.29 is 4.74 Å². The molecule has 1 aliphatic rings. The predicted octanol–water partition coefficient (Wildman–Crippen LogP) is 4.77. The fourth-order valence-electron chi connectivity index (χ4n) is 2.92. The lowest BCUT2D eigenvalue weighted by atomic mass is 9.92. The summed E-state index contributed by atoms with van der Waals surface area (Å²) in [6.45, 7) is 11.0. The van der Waals surface area contributed by atoms with Crippen LogP contribution >= 0.6 is 0 Å². The van der Waals surface area contributed by atoms with Gasteiger partial charge in [0.1, 0.15) is 5.75 Å². The van der Waals surface area contributed by atoms with Crippen molar-refractivity contribution in [3.8, 4) is 5.75 Å². The fraction of sp³-hybridized carbons (Fsp3) is 0.647. The van der Waals surface area contributed by atoms with Gasteiger partial charge in [-0.3, -0.25) is 0 Å². The molecule has 1 aliphatic carbocycles. The van der Waals surface area contributed by atoms with E-state index in [2.05, 4.69) is 58.1 Å². The Morgan fingerprint density at radius 2 is 2.05 bits per heavy atom. The van der Waals surface area contributed by atoms with Gasteiger partial charge in [-0.05, 0) is 69.2 Å². The van der Waals surface area contributed by atoms with Crippen LogP contribution in [0, 0.1) is 12.3 Å². The monoisotopic (exact) mass is 261 g/mol. The highest BCUT2D eigenvalue weighted by Crippen LogP contribution is 2.38. The number of ether oxygens (including phenoxy) is 1. The Balaban J connectivity index is 2.01. The van der Waals surface area contributed by atoms with Gasteiger partial charge in [-0.1, -0.05) is 13.8 Å². The average molecular weight is 261 g/mol. The normalized spacial score (nSPS) is 21.7. The molecule has 0 heterocycles. The van der Waals surface area contributed by atoms with Crippen molar-refractivity contribution in [2.75, 3.05) is 5.32 Å². The lowest BCUT2D eigenvalue weighted by Crippen LogP contribution is -2.18. The van der Waals surface area contributed by atoms with Gasteiger partial charge in [-0.25, -0.2) is 0 Å². The SMILES string of the molecule is Cc1cc(OC(C)C)ccc1NC1CCC(C)(C)C1. The van der Waals surface area contributed by atoms with Crippen LogP contribution in [-0.4, -0.2) is 12.1 Å². The summed E-state index contributed by atoms with van der Waals surface area (Å²) in [4.78, 5) is 0. The molecule has 0 aromatic heterocycles. The smallest absolute Gasteiger partial charge is 0.120 e. The Kier molecular flexibility index (Phi) is 4.07. The molecular formula is C17H27NO. The zero-order valence-electron chi connectivity index (χ0n) is 12.9. The summed E-state index contributed by atoms with van der Waals surface area (Å²) < 4.78 is 5.73. The standard InChI is InChI=1S/C17H27NO/c1-12(2)19-15-6-7-16(13(3)10-15)18-14-8-9-17(4,5)11-14/h6-7,10,12,14,18H,8-9,11H2,1-5H3. The molecular weight excluding hydrogens is 234 g/mol. The molecule has 0 saturated heterocycles. The van der Waals surface area contributed by atoms with E-state index in [-0.39, 0.29) is 6.10 Å². The summed E-state index contributed by atoms with van der Waals surface area (Å²) in [7, 11) is 0. The molecule has 106 valence electrons. The van der Waals surface area contributed by atoms with Gasteiger partial charge in [0.05, 0.1) is 6.10 Å². The van der Waals surface area contributed by atoms with Crippen LogP contribution in [0.3, 0.4) is 0 Å². The van der Waals surface area contributed by atoms with Gasteiger partial charge < -0.3 is 10.1 Å². The predicted molar refractivity (Wildman–Crippen MR) is 82.0 cm³/mol. The van der Waals surface area contributed by atoms with Crippen molar-refractivity contribution in [2.45, 2.75) is 66.0 Å². The number of hydrogen-bond donors (Lipinski definition) is 1. The molecule has 0 aliphatic heterocycles. The molecule has 1 aromatic rings. The van der Waals surface area contributed by atoms with Gasteiger partial charge in [0, 0.05) is 11.7 Å². The second kappa shape index (κ2) is 5.44. The lowest BCUT2D eigenvalue weighted by molar-refractivity contribution is 0.242. The maximum absolute atomic E-state index is 5.73. The number of aryl methyl sites for hydroxylation is 1. The molecule has 2 heteroatoms.